The first-order valence-electron chi connectivity index (χ1n) is 9.53. The molecule has 2 aliphatic rings. The summed E-state index contributed by atoms with van der Waals surface area (Å²) in [6, 6.07) is 9.22. The number of benzene rings is 1. The molecule has 6 heteroatoms. The molecule has 0 bridgehead atoms. The number of piperidine rings is 2. The Bertz CT molecular complexity index is 550. The lowest BCUT2D eigenvalue weighted by Crippen LogP contribution is -2.40. The number of hydrogen-bond acceptors (Lipinski definition) is 3. The molecule has 0 saturated carbocycles. The van der Waals surface area contributed by atoms with Crippen LogP contribution in [0.3, 0.4) is 0 Å². The lowest BCUT2D eigenvalue weighted by Gasteiger charge is -2.33. The second-order valence-corrected chi connectivity index (χ2v) is 7.35. The quantitative estimate of drug-likeness (QED) is 0.792. The van der Waals surface area contributed by atoms with Gasteiger partial charge in [-0.3, -0.25) is 9.69 Å². The topological polar surface area (TPSA) is 44.4 Å². The third-order valence-electron chi connectivity index (χ3n) is 5.55. The Morgan fingerprint density at radius 1 is 1.15 bits per heavy atom. The third kappa shape index (κ3) is 6.41. The number of nitrogens with one attached hydrogen (secondary N) is 2. The smallest absolute Gasteiger partial charge is 0.224 e. The zero-order valence-electron chi connectivity index (χ0n) is 15.7. The number of rotatable bonds is 5. The molecule has 0 radical (unpaired) electrons. The molecule has 2 fully saturated rings. The van der Waals surface area contributed by atoms with Crippen LogP contribution in [0.25, 0.3) is 0 Å². The molecular weight excluding hydrogens is 369 g/mol. The highest BCUT2D eigenvalue weighted by Crippen LogP contribution is 2.21. The standard InChI is InChI=1S/C20H31N3O.2ClH/c1-16-7-4-5-12-23(16)15-19-9-3-2-8-17(19)14-22-20(24)18-10-6-11-21-13-18;;/h2-3,8-9,16,18,21H,4-7,10-15H2,1H3,(H,22,24);2*1H. The van der Waals surface area contributed by atoms with Crippen LogP contribution >= 0.6 is 24.8 Å². The van der Waals surface area contributed by atoms with E-state index < -0.39 is 0 Å². The van der Waals surface area contributed by atoms with Gasteiger partial charge in [-0.2, -0.15) is 0 Å². The molecule has 3 rings (SSSR count). The molecular formula is C20H33Cl2N3O. The fourth-order valence-corrected chi connectivity index (χ4v) is 3.90. The monoisotopic (exact) mass is 401 g/mol. The summed E-state index contributed by atoms with van der Waals surface area (Å²) >= 11 is 0. The van der Waals surface area contributed by atoms with Crippen molar-refractivity contribution in [2.24, 2.45) is 5.92 Å². The predicted octanol–water partition coefficient (Wildman–Crippen LogP) is 3.52. The first-order chi connectivity index (χ1) is 11.7. The fraction of sp³-hybridized carbons (Fsp3) is 0.650. The van der Waals surface area contributed by atoms with E-state index in [9.17, 15) is 4.79 Å². The van der Waals surface area contributed by atoms with Gasteiger partial charge in [0.05, 0.1) is 5.92 Å². The number of hydrogen-bond donors (Lipinski definition) is 2. The van der Waals surface area contributed by atoms with Gasteiger partial charge in [-0.1, -0.05) is 30.7 Å². The van der Waals surface area contributed by atoms with E-state index in [1.54, 1.807) is 0 Å². The zero-order valence-corrected chi connectivity index (χ0v) is 17.3. The van der Waals surface area contributed by atoms with E-state index >= 15 is 0 Å². The van der Waals surface area contributed by atoms with Crippen LogP contribution in [0.4, 0.5) is 0 Å². The zero-order chi connectivity index (χ0) is 16.8. The second-order valence-electron chi connectivity index (χ2n) is 7.35. The molecule has 1 amide bonds. The maximum atomic E-state index is 12.4. The Morgan fingerprint density at radius 3 is 2.62 bits per heavy atom. The minimum absolute atomic E-state index is 0. The minimum atomic E-state index is 0. The first kappa shape index (κ1) is 23.2. The molecule has 2 atom stereocenters. The van der Waals surface area contributed by atoms with E-state index in [1.807, 2.05) is 0 Å². The molecule has 0 aromatic heterocycles. The number of carbonyl (C=O) groups is 1. The van der Waals surface area contributed by atoms with E-state index in [1.165, 1.54) is 36.9 Å². The van der Waals surface area contributed by atoms with Crippen molar-refractivity contribution in [3.05, 3.63) is 35.4 Å². The molecule has 2 heterocycles. The SMILES string of the molecule is CC1CCCCN1Cc1ccccc1CNC(=O)C1CCCNC1.Cl.Cl. The van der Waals surface area contributed by atoms with Gasteiger partial charge in [-0.05, 0) is 56.8 Å². The molecule has 148 valence electrons. The lowest BCUT2D eigenvalue weighted by atomic mass is 9.98. The van der Waals surface area contributed by atoms with Crippen molar-refractivity contribution < 1.29 is 4.79 Å². The van der Waals surface area contributed by atoms with Crippen LogP contribution in [0.5, 0.6) is 0 Å². The van der Waals surface area contributed by atoms with Crippen LogP contribution in [0.15, 0.2) is 24.3 Å². The number of halogens is 2. The molecule has 1 aromatic rings. The van der Waals surface area contributed by atoms with Gasteiger partial charge in [-0.25, -0.2) is 0 Å². The highest BCUT2D eigenvalue weighted by atomic mass is 35.5. The van der Waals surface area contributed by atoms with Crippen molar-refractivity contribution in [1.82, 2.24) is 15.5 Å². The number of carbonyl (C=O) groups excluding carboxylic acids is 1. The van der Waals surface area contributed by atoms with E-state index in [0.717, 1.165) is 32.5 Å². The van der Waals surface area contributed by atoms with Crippen LogP contribution in [0.2, 0.25) is 0 Å². The van der Waals surface area contributed by atoms with E-state index in [4.69, 9.17) is 0 Å². The summed E-state index contributed by atoms with van der Waals surface area (Å²) in [5, 5.41) is 6.48. The number of amides is 1. The summed E-state index contributed by atoms with van der Waals surface area (Å²) < 4.78 is 0. The largest absolute Gasteiger partial charge is 0.352 e. The van der Waals surface area contributed by atoms with Crippen LogP contribution in [-0.2, 0) is 17.9 Å². The van der Waals surface area contributed by atoms with Gasteiger partial charge in [-0.15, -0.1) is 24.8 Å². The highest BCUT2D eigenvalue weighted by molar-refractivity contribution is 5.85. The Morgan fingerprint density at radius 2 is 1.92 bits per heavy atom. The maximum Gasteiger partial charge on any atom is 0.224 e. The van der Waals surface area contributed by atoms with E-state index in [0.29, 0.717) is 12.6 Å². The van der Waals surface area contributed by atoms with Crippen LogP contribution in [-0.4, -0.2) is 36.5 Å². The molecule has 1 aromatic carbocycles. The second kappa shape index (κ2) is 11.8. The van der Waals surface area contributed by atoms with Gasteiger partial charge < -0.3 is 10.6 Å². The van der Waals surface area contributed by atoms with Gasteiger partial charge in [0.2, 0.25) is 5.91 Å². The van der Waals surface area contributed by atoms with Crippen LogP contribution in [0.1, 0.15) is 50.2 Å². The minimum Gasteiger partial charge on any atom is -0.352 e. The average molecular weight is 402 g/mol. The molecule has 2 saturated heterocycles. The highest BCUT2D eigenvalue weighted by Gasteiger charge is 2.22. The van der Waals surface area contributed by atoms with Gasteiger partial charge in [0.1, 0.15) is 0 Å². The van der Waals surface area contributed by atoms with Crippen LogP contribution in [0, 0.1) is 5.92 Å². The molecule has 2 aliphatic heterocycles. The summed E-state index contributed by atoms with van der Waals surface area (Å²) in [6.07, 6.45) is 6.06. The fourth-order valence-electron chi connectivity index (χ4n) is 3.90. The van der Waals surface area contributed by atoms with Gasteiger partial charge in [0, 0.05) is 25.7 Å². The maximum absolute atomic E-state index is 12.4. The molecule has 4 nitrogen and oxygen atoms in total. The Balaban J connectivity index is 0.00000169. The average Bonchev–Trinajstić information content (AvgIpc) is 2.63. The molecule has 2 N–H and O–H groups in total. The van der Waals surface area contributed by atoms with Crippen molar-refractivity contribution in [1.29, 1.82) is 0 Å². The summed E-state index contributed by atoms with van der Waals surface area (Å²) in [5.41, 5.74) is 2.61. The van der Waals surface area contributed by atoms with Crippen molar-refractivity contribution in [2.45, 2.75) is 58.2 Å². The summed E-state index contributed by atoms with van der Waals surface area (Å²) in [6.45, 7) is 7.03. The molecule has 2 unspecified atom stereocenters. The van der Waals surface area contributed by atoms with Gasteiger partial charge >= 0.3 is 0 Å². The summed E-state index contributed by atoms with van der Waals surface area (Å²) in [4.78, 5) is 14.9. The normalized spacial score (nSPS) is 23.4. The third-order valence-corrected chi connectivity index (χ3v) is 5.55. The predicted molar refractivity (Wildman–Crippen MR) is 112 cm³/mol. The Hall–Kier alpha value is -0.810. The number of likely N-dealkylation sites (tertiary alicyclic amines) is 1. The van der Waals surface area contributed by atoms with Gasteiger partial charge in [0.15, 0.2) is 0 Å². The van der Waals surface area contributed by atoms with Crippen molar-refractivity contribution in [3.8, 4) is 0 Å². The van der Waals surface area contributed by atoms with E-state index in [2.05, 4.69) is 46.7 Å². The molecule has 26 heavy (non-hydrogen) atoms. The number of nitrogens with zero attached hydrogens (tertiary/aromatic N) is 1. The summed E-state index contributed by atoms with van der Waals surface area (Å²) in [5.74, 6) is 0.330. The molecule has 0 aliphatic carbocycles. The van der Waals surface area contributed by atoms with Crippen molar-refractivity contribution in [2.75, 3.05) is 19.6 Å². The van der Waals surface area contributed by atoms with Crippen molar-refractivity contribution >= 4 is 30.7 Å². The van der Waals surface area contributed by atoms with Crippen molar-refractivity contribution in [3.63, 3.8) is 0 Å². The first-order valence-corrected chi connectivity index (χ1v) is 9.53. The Kier molecular flexibility index (Phi) is 10.6. The lowest BCUT2D eigenvalue weighted by molar-refractivity contribution is -0.125. The Labute approximate surface area is 170 Å². The summed E-state index contributed by atoms with van der Waals surface area (Å²) in [7, 11) is 0. The molecule has 0 spiro atoms. The van der Waals surface area contributed by atoms with Gasteiger partial charge in [0.25, 0.3) is 0 Å². The van der Waals surface area contributed by atoms with Crippen LogP contribution < -0.4 is 10.6 Å². The van der Waals surface area contributed by atoms with E-state index in [-0.39, 0.29) is 36.6 Å².